The second-order valence-corrected chi connectivity index (χ2v) is 4.49. The molecule has 2 rings (SSSR count). The van der Waals surface area contributed by atoms with E-state index in [0.29, 0.717) is 5.92 Å². The van der Waals surface area contributed by atoms with Crippen molar-refractivity contribution >= 4 is 0 Å². The van der Waals surface area contributed by atoms with Gasteiger partial charge in [-0.15, -0.1) is 0 Å². The summed E-state index contributed by atoms with van der Waals surface area (Å²) in [6.45, 7) is 0. The molecule has 0 amide bonds. The molecule has 0 spiro atoms. The molecule has 0 aliphatic heterocycles. The number of para-hydroxylation sites is 1. The number of phenols is 1. The van der Waals surface area contributed by atoms with E-state index in [2.05, 4.69) is 0 Å². The first-order valence-corrected chi connectivity index (χ1v) is 5.88. The van der Waals surface area contributed by atoms with Crippen LogP contribution in [0.15, 0.2) is 18.2 Å². The highest BCUT2D eigenvalue weighted by Gasteiger charge is 2.21. The van der Waals surface area contributed by atoms with Gasteiger partial charge < -0.3 is 15.3 Å². The fourth-order valence-electron chi connectivity index (χ4n) is 2.53. The van der Waals surface area contributed by atoms with Gasteiger partial charge in [0.1, 0.15) is 5.75 Å². The minimum Gasteiger partial charge on any atom is -0.507 e. The zero-order chi connectivity index (χ0) is 11.5. The van der Waals surface area contributed by atoms with Gasteiger partial charge in [-0.2, -0.15) is 0 Å². The van der Waals surface area contributed by atoms with Gasteiger partial charge in [-0.05, 0) is 24.3 Å². The lowest BCUT2D eigenvalue weighted by Gasteiger charge is -2.23. The zero-order valence-electron chi connectivity index (χ0n) is 9.26. The molecule has 0 saturated heterocycles. The van der Waals surface area contributed by atoms with Gasteiger partial charge in [0.25, 0.3) is 0 Å². The van der Waals surface area contributed by atoms with Gasteiger partial charge in [0.05, 0.1) is 0 Å². The molecule has 0 unspecified atom stereocenters. The highest BCUT2D eigenvalue weighted by atomic mass is 16.5. The van der Waals surface area contributed by atoms with Crippen LogP contribution in [-0.4, -0.2) is 15.3 Å². The van der Waals surface area contributed by atoms with Gasteiger partial charge >= 0.3 is 0 Å². The van der Waals surface area contributed by atoms with Gasteiger partial charge in [-0.3, -0.25) is 0 Å². The normalized spacial score (nSPS) is 17.9. The molecular weight excluding hydrogens is 204 g/mol. The van der Waals surface area contributed by atoms with Crippen LogP contribution in [0.2, 0.25) is 0 Å². The largest absolute Gasteiger partial charge is 0.507 e. The van der Waals surface area contributed by atoms with Crippen molar-refractivity contribution in [3.05, 3.63) is 29.3 Å². The Kier molecular flexibility index (Phi) is 3.46. The van der Waals surface area contributed by atoms with Crippen LogP contribution < -0.4 is 0 Å². The van der Waals surface area contributed by atoms with E-state index in [1.807, 2.05) is 6.07 Å². The molecule has 0 bridgehead atoms. The minimum absolute atomic E-state index is 0.0596. The summed E-state index contributed by atoms with van der Waals surface area (Å²) in [6.07, 6.45) is 4.21. The van der Waals surface area contributed by atoms with Crippen LogP contribution in [0.3, 0.4) is 0 Å². The maximum atomic E-state index is 9.99. The third-order valence-electron chi connectivity index (χ3n) is 3.42. The number of aliphatic hydroxyl groups excluding tert-OH is 1. The monoisotopic (exact) mass is 222 g/mol. The lowest BCUT2D eigenvalue weighted by Crippen LogP contribution is -2.06. The molecule has 3 nitrogen and oxygen atoms in total. The van der Waals surface area contributed by atoms with E-state index in [0.717, 1.165) is 18.4 Å². The maximum absolute atomic E-state index is 9.99. The summed E-state index contributed by atoms with van der Waals surface area (Å²) < 4.78 is 0. The summed E-state index contributed by atoms with van der Waals surface area (Å²) in [5.41, 5.74) is 1.08. The predicted molar refractivity (Wildman–Crippen MR) is 61.1 cm³/mol. The summed E-state index contributed by atoms with van der Waals surface area (Å²) in [7, 11) is 0. The third kappa shape index (κ3) is 2.20. The third-order valence-corrected chi connectivity index (χ3v) is 3.42. The summed E-state index contributed by atoms with van der Waals surface area (Å²) in [6, 6.07) is 5.21. The molecule has 0 atom stereocenters. The number of phenolic OH excluding ortho intramolecular Hbond substituents is 1. The summed E-state index contributed by atoms with van der Waals surface area (Å²) >= 11 is 0. The molecule has 1 aromatic carbocycles. The maximum Gasteiger partial charge on any atom is 0.182 e. The van der Waals surface area contributed by atoms with Gasteiger partial charge in [0.2, 0.25) is 0 Å². The van der Waals surface area contributed by atoms with Gasteiger partial charge in [0.15, 0.2) is 6.29 Å². The van der Waals surface area contributed by atoms with Crippen molar-refractivity contribution in [2.45, 2.75) is 44.3 Å². The molecule has 0 aromatic heterocycles. The summed E-state index contributed by atoms with van der Waals surface area (Å²) in [5, 5.41) is 28.2. The summed E-state index contributed by atoms with van der Waals surface area (Å²) in [4.78, 5) is 0. The average molecular weight is 222 g/mol. The lowest BCUT2D eigenvalue weighted by molar-refractivity contribution is -0.0439. The van der Waals surface area contributed by atoms with Crippen molar-refractivity contribution in [1.29, 1.82) is 0 Å². The average Bonchev–Trinajstić information content (AvgIpc) is 2.30. The van der Waals surface area contributed by atoms with Crippen molar-refractivity contribution in [2.75, 3.05) is 0 Å². The summed E-state index contributed by atoms with van der Waals surface area (Å²) in [5.74, 6) is 0.428. The van der Waals surface area contributed by atoms with Crippen LogP contribution >= 0.6 is 0 Å². The molecule has 1 aliphatic rings. The van der Waals surface area contributed by atoms with Crippen LogP contribution in [0.1, 0.15) is 55.4 Å². The number of hydrogen-bond donors (Lipinski definition) is 3. The first-order chi connectivity index (χ1) is 7.70. The fraction of sp³-hybridized carbons (Fsp3) is 0.538. The highest BCUT2D eigenvalue weighted by molar-refractivity contribution is 5.43. The van der Waals surface area contributed by atoms with Gasteiger partial charge in [-0.1, -0.05) is 37.5 Å². The molecule has 1 aliphatic carbocycles. The Morgan fingerprint density at radius 3 is 2.38 bits per heavy atom. The molecule has 1 aromatic rings. The van der Waals surface area contributed by atoms with Crippen molar-refractivity contribution < 1.29 is 15.3 Å². The Balaban J connectivity index is 2.29. The first kappa shape index (κ1) is 11.4. The molecule has 0 heterocycles. The Hall–Kier alpha value is -1.06. The standard InChI is InChI=1S/C13H18O3/c14-12-10(9-5-2-1-3-6-9)7-4-8-11(12)13(15)16/h4,7-9,13-16H,1-3,5-6H2. The van der Waals surface area contributed by atoms with E-state index < -0.39 is 6.29 Å². The number of aliphatic hydroxyl groups is 2. The predicted octanol–water partition coefficient (Wildman–Crippen LogP) is 2.42. The molecule has 3 heteroatoms. The number of benzene rings is 1. The fourth-order valence-corrected chi connectivity index (χ4v) is 2.53. The molecule has 0 radical (unpaired) electrons. The van der Waals surface area contributed by atoms with E-state index in [1.165, 1.54) is 19.3 Å². The van der Waals surface area contributed by atoms with Crippen molar-refractivity contribution in [2.24, 2.45) is 0 Å². The Morgan fingerprint density at radius 1 is 1.06 bits per heavy atom. The SMILES string of the molecule is Oc1c(C(O)O)cccc1C1CCCCC1. The van der Waals surface area contributed by atoms with Crippen LogP contribution in [0.4, 0.5) is 0 Å². The molecule has 1 fully saturated rings. The topological polar surface area (TPSA) is 60.7 Å². The Labute approximate surface area is 95.4 Å². The highest BCUT2D eigenvalue weighted by Crippen LogP contribution is 2.39. The van der Waals surface area contributed by atoms with E-state index in [-0.39, 0.29) is 11.3 Å². The van der Waals surface area contributed by atoms with Crippen molar-refractivity contribution in [1.82, 2.24) is 0 Å². The minimum atomic E-state index is -1.59. The van der Waals surface area contributed by atoms with Gasteiger partial charge in [-0.25, -0.2) is 0 Å². The quantitative estimate of drug-likeness (QED) is 0.673. The molecule has 16 heavy (non-hydrogen) atoms. The first-order valence-electron chi connectivity index (χ1n) is 5.88. The van der Waals surface area contributed by atoms with E-state index in [9.17, 15) is 5.11 Å². The molecular formula is C13H18O3. The number of hydrogen-bond acceptors (Lipinski definition) is 3. The van der Waals surface area contributed by atoms with Crippen LogP contribution in [0.25, 0.3) is 0 Å². The van der Waals surface area contributed by atoms with E-state index >= 15 is 0 Å². The van der Waals surface area contributed by atoms with E-state index in [4.69, 9.17) is 10.2 Å². The number of rotatable bonds is 2. The van der Waals surface area contributed by atoms with Crippen LogP contribution in [0, 0.1) is 0 Å². The zero-order valence-corrected chi connectivity index (χ0v) is 9.26. The Bertz CT molecular complexity index is 354. The van der Waals surface area contributed by atoms with Gasteiger partial charge in [0, 0.05) is 5.56 Å². The second-order valence-electron chi connectivity index (χ2n) is 4.49. The van der Waals surface area contributed by atoms with E-state index in [1.54, 1.807) is 12.1 Å². The molecule has 3 N–H and O–H groups in total. The van der Waals surface area contributed by atoms with Crippen molar-refractivity contribution in [3.63, 3.8) is 0 Å². The molecule has 88 valence electrons. The molecule has 1 saturated carbocycles. The Morgan fingerprint density at radius 2 is 1.75 bits per heavy atom. The van der Waals surface area contributed by atoms with Crippen LogP contribution in [-0.2, 0) is 0 Å². The lowest BCUT2D eigenvalue weighted by atomic mass is 9.83. The second kappa shape index (κ2) is 4.85. The van der Waals surface area contributed by atoms with Crippen molar-refractivity contribution in [3.8, 4) is 5.75 Å². The number of aromatic hydroxyl groups is 1. The van der Waals surface area contributed by atoms with Crippen LogP contribution in [0.5, 0.6) is 5.75 Å². The smallest absolute Gasteiger partial charge is 0.182 e.